The number of benzene rings is 2. The standard InChI is InChI=1S/C21H20ClN3OS/c22-18-11-5-4-10-17(18)21(26)25-12-6-9-16(14-25)20-24-23-19(27-20)13-15-7-2-1-3-8-15/h1-5,7-8,10-11,16H,6,9,12-14H2. The SMILES string of the molecule is O=C(c1ccccc1Cl)N1CCCC(c2nnc(Cc3ccccc3)s2)C1. The Balaban J connectivity index is 1.46. The van der Waals surface area contributed by atoms with Crippen LogP contribution in [0.1, 0.15) is 44.7 Å². The van der Waals surface area contributed by atoms with Gasteiger partial charge in [-0.1, -0.05) is 54.1 Å². The van der Waals surface area contributed by atoms with Crippen molar-refractivity contribution >= 4 is 28.8 Å². The second-order valence-corrected chi connectivity index (χ2v) is 8.27. The first kappa shape index (κ1) is 18.1. The molecule has 3 aromatic rings. The minimum atomic E-state index is -0.000626. The molecule has 6 heteroatoms. The lowest BCUT2D eigenvalue weighted by Gasteiger charge is -2.31. The predicted molar refractivity (Wildman–Crippen MR) is 108 cm³/mol. The second kappa shape index (κ2) is 8.19. The lowest BCUT2D eigenvalue weighted by Crippen LogP contribution is -2.39. The van der Waals surface area contributed by atoms with Gasteiger partial charge in [0, 0.05) is 25.4 Å². The molecule has 0 aliphatic carbocycles. The van der Waals surface area contributed by atoms with E-state index in [1.165, 1.54) is 5.56 Å². The Morgan fingerprint density at radius 1 is 1.11 bits per heavy atom. The van der Waals surface area contributed by atoms with Crippen LogP contribution in [0, 0.1) is 0 Å². The third-order valence-electron chi connectivity index (χ3n) is 4.84. The van der Waals surface area contributed by atoms with Crippen LogP contribution >= 0.6 is 22.9 Å². The van der Waals surface area contributed by atoms with Gasteiger partial charge in [0.2, 0.25) is 0 Å². The number of likely N-dealkylation sites (tertiary alicyclic amines) is 1. The van der Waals surface area contributed by atoms with E-state index in [0.29, 0.717) is 17.1 Å². The number of carbonyl (C=O) groups excluding carboxylic acids is 1. The molecule has 27 heavy (non-hydrogen) atoms. The van der Waals surface area contributed by atoms with Crippen LogP contribution in [0.3, 0.4) is 0 Å². The molecular weight excluding hydrogens is 378 g/mol. The summed E-state index contributed by atoms with van der Waals surface area (Å²) in [4.78, 5) is 14.7. The minimum Gasteiger partial charge on any atom is -0.338 e. The van der Waals surface area contributed by atoms with E-state index >= 15 is 0 Å². The summed E-state index contributed by atoms with van der Waals surface area (Å²) >= 11 is 7.86. The summed E-state index contributed by atoms with van der Waals surface area (Å²) in [5, 5.41) is 11.3. The molecule has 0 radical (unpaired) electrons. The molecule has 0 saturated carbocycles. The van der Waals surface area contributed by atoms with E-state index in [9.17, 15) is 4.79 Å². The maximum atomic E-state index is 12.9. The molecule has 138 valence electrons. The summed E-state index contributed by atoms with van der Waals surface area (Å²) < 4.78 is 0. The number of nitrogens with zero attached hydrogens (tertiary/aromatic N) is 3. The van der Waals surface area contributed by atoms with Gasteiger partial charge in [-0.25, -0.2) is 0 Å². The van der Waals surface area contributed by atoms with Crippen molar-refractivity contribution in [2.24, 2.45) is 0 Å². The highest BCUT2D eigenvalue weighted by Gasteiger charge is 2.28. The van der Waals surface area contributed by atoms with Crippen molar-refractivity contribution in [1.29, 1.82) is 0 Å². The number of piperidine rings is 1. The summed E-state index contributed by atoms with van der Waals surface area (Å²) in [5.41, 5.74) is 1.81. The number of halogens is 1. The van der Waals surface area contributed by atoms with E-state index in [1.807, 2.05) is 35.2 Å². The molecular formula is C21H20ClN3OS. The largest absolute Gasteiger partial charge is 0.338 e. The molecule has 1 amide bonds. The minimum absolute atomic E-state index is 0.000626. The monoisotopic (exact) mass is 397 g/mol. The highest BCUT2D eigenvalue weighted by molar-refractivity contribution is 7.11. The average molecular weight is 398 g/mol. The van der Waals surface area contributed by atoms with Gasteiger partial charge in [-0.2, -0.15) is 0 Å². The van der Waals surface area contributed by atoms with Gasteiger partial charge in [-0.15, -0.1) is 21.5 Å². The maximum absolute atomic E-state index is 12.9. The fraction of sp³-hybridized carbons (Fsp3) is 0.286. The van der Waals surface area contributed by atoms with Gasteiger partial charge in [0.15, 0.2) is 0 Å². The second-order valence-electron chi connectivity index (χ2n) is 6.77. The number of carbonyl (C=O) groups is 1. The molecule has 2 heterocycles. The smallest absolute Gasteiger partial charge is 0.255 e. The fourth-order valence-electron chi connectivity index (χ4n) is 3.44. The Labute approximate surface area is 167 Å². The molecule has 4 rings (SSSR count). The van der Waals surface area contributed by atoms with Crippen LogP contribution in [0.5, 0.6) is 0 Å². The van der Waals surface area contributed by atoms with Crippen molar-refractivity contribution in [3.05, 3.63) is 80.8 Å². The van der Waals surface area contributed by atoms with E-state index in [1.54, 1.807) is 23.5 Å². The Kier molecular flexibility index (Phi) is 5.50. The third-order valence-corrected chi connectivity index (χ3v) is 6.26. The van der Waals surface area contributed by atoms with Gasteiger partial charge in [-0.3, -0.25) is 4.79 Å². The Bertz CT molecular complexity index is 928. The fourth-order valence-corrected chi connectivity index (χ4v) is 4.66. The number of amides is 1. The predicted octanol–water partition coefficient (Wildman–Crippen LogP) is 4.80. The average Bonchev–Trinajstić information content (AvgIpc) is 3.17. The molecule has 1 atom stereocenters. The first-order valence-electron chi connectivity index (χ1n) is 9.10. The van der Waals surface area contributed by atoms with E-state index in [-0.39, 0.29) is 11.8 Å². The van der Waals surface area contributed by atoms with Gasteiger partial charge in [0.05, 0.1) is 10.6 Å². The van der Waals surface area contributed by atoms with Crippen LogP contribution in [0.25, 0.3) is 0 Å². The van der Waals surface area contributed by atoms with Crippen LogP contribution in [0.2, 0.25) is 5.02 Å². The van der Waals surface area contributed by atoms with E-state index in [2.05, 4.69) is 22.3 Å². The molecule has 0 bridgehead atoms. The molecule has 1 aliphatic heterocycles. The number of hydrogen-bond donors (Lipinski definition) is 0. The van der Waals surface area contributed by atoms with Crippen molar-refractivity contribution in [3.63, 3.8) is 0 Å². The number of aromatic nitrogens is 2. The first-order chi connectivity index (χ1) is 13.2. The lowest BCUT2D eigenvalue weighted by molar-refractivity contribution is 0.0707. The summed E-state index contributed by atoms with van der Waals surface area (Å²) in [7, 11) is 0. The summed E-state index contributed by atoms with van der Waals surface area (Å²) in [6, 6.07) is 17.5. The molecule has 4 nitrogen and oxygen atoms in total. The van der Waals surface area contributed by atoms with Gasteiger partial charge in [0.1, 0.15) is 10.0 Å². The molecule has 2 aromatic carbocycles. The Morgan fingerprint density at radius 2 is 1.89 bits per heavy atom. The van der Waals surface area contributed by atoms with E-state index < -0.39 is 0 Å². The van der Waals surface area contributed by atoms with Crippen LogP contribution in [-0.4, -0.2) is 34.1 Å². The highest BCUT2D eigenvalue weighted by Crippen LogP contribution is 2.31. The van der Waals surface area contributed by atoms with Crippen LogP contribution in [0.15, 0.2) is 54.6 Å². The molecule has 1 fully saturated rings. The van der Waals surface area contributed by atoms with E-state index in [4.69, 9.17) is 11.6 Å². The molecule has 1 aliphatic rings. The lowest BCUT2D eigenvalue weighted by atomic mass is 9.98. The van der Waals surface area contributed by atoms with Crippen LogP contribution < -0.4 is 0 Å². The van der Waals surface area contributed by atoms with Crippen LogP contribution in [-0.2, 0) is 6.42 Å². The first-order valence-corrected chi connectivity index (χ1v) is 10.3. The number of rotatable bonds is 4. The quantitative estimate of drug-likeness (QED) is 0.635. The van der Waals surface area contributed by atoms with Gasteiger partial charge < -0.3 is 4.90 Å². The normalized spacial score (nSPS) is 17.1. The third kappa shape index (κ3) is 4.20. The van der Waals surface area contributed by atoms with E-state index in [0.717, 1.165) is 35.8 Å². The zero-order valence-corrected chi connectivity index (χ0v) is 16.4. The van der Waals surface area contributed by atoms with Crippen molar-refractivity contribution in [1.82, 2.24) is 15.1 Å². The molecule has 0 spiro atoms. The number of hydrogen-bond acceptors (Lipinski definition) is 4. The molecule has 1 aromatic heterocycles. The zero-order valence-electron chi connectivity index (χ0n) is 14.8. The van der Waals surface area contributed by atoms with Crippen molar-refractivity contribution in [2.45, 2.75) is 25.2 Å². The summed E-state index contributed by atoms with van der Waals surface area (Å²) in [5.74, 6) is 0.242. The molecule has 1 unspecified atom stereocenters. The van der Waals surface area contributed by atoms with Crippen molar-refractivity contribution in [2.75, 3.05) is 13.1 Å². The maximum Gasteiger partial charge on any atom is 0.255 e. The summed E-state index contributed by atoms with van der Waals surface area (Å²) in [6.45, 7) is 1.43. The van der Waals surface area contributed by atoms with Gasteiger partial charge >= 0.3 is 0 Å². The van der Waals surface area contributed by atoms with Crippen molar-refractivity contribution in [3.8, 4) is 0 Å². The Morgan fingerprint density at radius 3 is 2.70 bits per heavy atom. The Hall–Kier alpha value is -2.24. The van der Waals surface area contributed by atoms with Gasteiger partial charge in [0.25, 0.3) is 5.91 Å². The molecule has 1 saturated heterocycles. The topological polar surface area (TPSA) is 46.1 Å². The zero-order chi connectivity index (χ0) is 18.6. The van der Waals surface area contributed by atoms with Crippen molar-refractivity contribution < 1.29 is 4.79 Å². The van der Waals surface area contributed by atoms with Gasteiger partial charge in [-0.05, 0) is 30.5 Å². The van der Waals surface area contributed by atoms with Crippen LogP contribution in [0.4, 0.5) is 0 Å². The summed E-state index contributed by atoms with van der Waals surface area (Å²) in [6.07, 6.45) is 2.80. The highest BCUT2D eigenvalue weighted by atomic mass is 35.5. The molecule has 0 N–H and O–H groups in total.